The maximum absolute atomic E-state index is 15.2. The lowest BCUT2D eigenvalue weighted by Crippen LogP contribution is -2.61. The summed E-state index contributed by atoms with van der Waals surface area (Å²) in [5, 5.41) is -13.7. The number of halogens is 13. The Bertz CT molecular complexity index is 5230. The van der Waals surface area contributed by atoms with Gasteiger partial charge in [-0.25, -0.2) is 30.4 Å². The highest BCUT2D eigenvalue weighted by Gasteiger charge is 2.81. The van der Waals surface area contributed by atoms with Crippen LogP contribution in [0.5, 0.6) is 34.5 Å². The van der Waals surface area contributed by atoms with Crippen LogP contribution in [-0.2, 0) is 52.1 Å². The minimum atomic E-state index is -7.38. The van der Waals surface area contributed by atoms with Crippen molar-refractivity contribution in [3.05, 3.63) is 244 Å². The molecule has 0 radical (unpaired) electrons. The van der Waals surface area contributed by atoms with Crippen LogP contribution in [0.4, 0.5) is 57.1 Å². The van der Waals surface area contributed by atoms with Crippen LogP contribution in [0.2, 0.25) is 0 Å². The Labute approximate surface area is 740 Å². The van der Waals surface area contributed by atoms with Gasteiger partial charge in [0.05, 0.1) is 43.1 Å². The maximum Gasteiger partial charge on any atom is 0.450 e. The molecule has 0 atom stereocenters. The number of methoxy groups -OCH3 is 3. The van der Waals surface area contributed by atoms with Crippen molar-refractivity contribution >= 4 is 52.1 Å². The first kappa shape index (κ1) is 97.6. The Morgan fingerprint density at radius 2 is 0.598 bits per heavy atom. The van der Waals surface area contributed by atoms with E-state index in [4.69, 9.17) is 23.1 Å². The van der Waals surface area contributed by atoms with Crippen LogP contribution in [0.25, 0.3) is 0 Å². The Morgan fingerprint density at radius 1 is 0.331 bits per heavy atom. The summed E-state index contributed by atoms with van der Waals surface area (Å²) in [7, 11) is -15.6. The Morgan fingerprint density at radius 3 is 0.866 bits per heavy atom. The summed E-state index contributed by atoms with van der Waals surface area (Å²) < 4.78 is 302. The van der Waals surface area contributed by atoms with Crippen molar-refractivity contribution in [3.8, 4) is 34.5 Å². The average Bonchev–Trinajstić information content (AvgIpc) is 0.707. The Kier molecular flexibility index (Phi) is 33.1. The molecule has 6 aliphatic rings. The molecule has 1 N–H and O–H groups in total. The topological polar surface area (TPSA) is 192 Å². The number of alkyl halides is 6. The van der Waals surface area contributed by atoms with Crippen molar-refractivity contribution in [2.45, 2.75) is 279 Å². The van der Waals surface area contributed by atoms with E-state index in [0.29, 0.717) is 31.6 Å². The van der Waals surface area contributed by atoms with Gasteiger partial charge in [0.25, 0.3) is 0 Å². The molecule has 0 bridgehead atoms. The summed E-state index contributed by atoms with van der Waals surface area (Å²) in [5.41, 5.74) is 4.24. The van der Waals surface area contributed by atoms with Crippen molar-refractivity contribution in [3.63, 3.8) is 0 Å². The molecule has 127 heavy (non-hydrogen) atoms. The second-order valence-electron chi connectivity index (χ2n) is 33.2. The lowest BCUT2D eigenvalue weighted by molar-refractivity contribution is -0.247. The third kappa shape index (κ3) is 23.1. The monoisotopic (exact) mass is 1870 g/mol. The van der Waals surface area contributed by atoms with Crippen LogP contribution in [-0.4, -0.2) is 72.1 Å². The molecule has 686 valence electrons. The second kappa shape index (κ2) is 43.1. The zero-order valence-electron chi connectivity index (χ0n) is 70.6. The molecule has 0 spiro atoms. The Hall–Kier alpha value is -8.46. The van der Waals surface area contributed by atoms with E-state index in [9.17, 15) is 82.7 Å². The van der Waals surface area contributed by atoms with E-state index in [1.54, 1.807) is 69.9 Å². The average molecular weight is 1870 g/mol. The van der Waals surface area contributed by atoms with Crippen molar-refractivity contribution in [2.24, 2.45) is 0 Å². The SMILES string of the molecule is COc1cccc([S+](c2cccc(OC)c2)c2cccc(OC)c2)c1.Fc1ccc([S+](c2ccc(F)cc2)c2ccc(F)cc2)cc1.O=S(=O)(O)c1c(F)c(F)c(Oc2c(C3CCCCC3)cc(C3CCCCC3)cc2C2CCCCC2)c(F)c1F.O=S(=O)([O-])C(F)(F)C(F)(F)C(F)(F)S(=O)(=O)Oc1c(C2CCCCC2)cc(C2CCCCC2)cc1C1CCCCC1. The van der Waals surface area contributed by atoms with E-state index in [-0.39, 0.29) is 74.8 Å². The molecule has 15 rings (SSSR count). The number of hydrogen-bond acceptors (Lipinski definition) is 12. The van der Waals surface area contributed by atoms with Crippen LogP contribution in [0.1, 0.15) is 262 Å². The number of hydrogen-bond donors (Lipinski definition) is 1. The molecule has 13 nitrogen and oxygen atoms in total. The van der Waals surface area contributed by atoms with Crippen molar-refractivity contribution < 1.29 is 115 Å². The van der Waals surface area contributed by atoms with E-state index >= 15 is 8.78 Å². The van der Waals surface area contributed by atoms with Gasteiger partial charge in [-0.2, -0.15) is 52.0 Å². The van der Waals surface area contributed by atoms with Gasteiger partial charge in [0.1, 0.15) is 46.2 Å². The molecule has 6 saturated carbocycles. The van der Waals surface area contributed by atoms with Crippen molar-refractivity contribution in [2.75, 3.05) is 21.3 Å². The predicted molar refractivity (Wildman–Crippen MR) is 461 cm³/mol. The van der Waals surface area contributed by atoms with Gasteiger partial charge in [-0.3, -0.25) is 4.55 Å². The second-order valence-corrected chi connectivity index (χ2v) is 41.6. The van der Waals surface area contributed by atoms with Gasteiger partial charge in [-0.15, -0.1) is 0 Å². The smallest absolute Gasteiger partial charge is 0.450 e. The highest BCUT2D eigenvalue weighted by molar-refractivity contribution is 7.97. The molecule has 0 amide bonds. The van der Waals surface area contributed by atoms with Crippen molar-refractivity contribution in [1.29, 1.82) is 0 Å². The van der Waals surface area contributed by atoms with Gasteiger partial charge in [-0.05, 0) is 255 Å². The molecule has 6 aliphatic carbocycles. The summed E-state index contributed by atoms with van der Waals surface area (Å²) in [6, 6.07) is 50.7. The predicted octanol–water partition coefficient (Wildman–Crippen LogP) is 27.3. The molecular formula is C96H104F13O13S5+. The molecule has 0 heterocycles. The fourth-order valence-corrected chi connectivity index (χ4v) is 24.5. The molecular weight excluding hydrogens is 1770 g/mol. The van der Waals surface area contributed by atoms with Gasteiger partial charge >= 0.3 is 36.7 Å². The first-order chi connectivity index (χ1) is 60.6. The summed E-state index contributed by atoms with van der Waals surface area (Å²) >= 11 is 0. The largest absolute Gasteiger partial charge is 0.743 e. The van der Waals surface area contributed by atoms with Crippen LogP contribution in [0, 0.1) is 40.7 Å². The normalized spacial score (nSPS) is 17.2. The van der Waals surface area contributed by atoms with Gasteiger partial charge < -0.3 is 27.7 Å². The third-order valence-electron chi connectivity index (χ3n) is 24.8. The van der Waals surface area contributed by atoms with Crippen LogP contribution in [0.3, 0.4) is 0 Å². The van der Waals surface area contributed by atoms with Crippen LogP contribution >= 0.6 is 0 Å². The minimum absolute atomic E-state index is 0.0811. The van der Waals surface area contributed by atoms with Gasteiger partial charge in [0, 0.05) is 18.2 Å². The number of rotatable bonds is 24. The zero-order valence-corrected chi connectivity index (χ0v) is 74.7. The molecule has 0 unspecified atom stereocenters. The number of benzene rings is 9. The summed E-state index contributed by atoms with van der Waals surface area (Å²) in [6.07, 6.45) is 27.2. The molecule has 0 aromatic heterocycles. The lowest BCUT2D eigenvalue weighted by atomic mass is 9.75. The quantitative estimate of drug-likeness (QED) is 0.0198. The van der Waals surface area contributed by atoms with Gasteiger partial charge in [0.2, 0.25) is 17.4 Å². The fourth-order valence-electron chi connectivity index (χ4n) is 18.2. The van der Waals surface area contributed by atoms with E-state index in [0.717, 1.165) is 209 Å². The van der Waals surface area contributed by atoms with Crippen molar-refractivity contribution in [1.82, 2.24) is 0 Å². The standard InChI is InChI=1S/C30H36F4O4S.C27H36F6O6S2.C21H21O3S.C18H12F3S/c31-24-26(33)30(39(35,36)37)27(34)25(32)29(24)38-28-22(19-12-6-2-7-13-19)16-21(18-10-4-1-5-11-18)17-23(28)20-14-8-3-9-15-20;28-25(29,26(30,31)40(34,35)36)27(32,33)41(37,38)39-24-22(19-12-6-2-7-13-19)16-21(18-10-4-1-5-11-18)17-23(24)20-14-8-3-9-15-20;1-22-16-7-4-10-19(13-16)25(20-11-5-8-17(14-20)23-2)21-12-6-9-18(15-21)24-3;19-13-1-7-16(8-2-13)22(17-9-3-14(20)4-10-17)18-11-5-15(21)6-12-18/h16-20H,1-15H2,(H,35,36,37);16-20H,1-15H2,(H,34,35,36);4-15H,1-3H3;1-12H/q;;2*+1/p-1. The maximum atomic E-state index is 15.2. The molecule has 9 aromatic carbocycles. The fraction of sp³-hybridized carbons (Fsp3) is 0.438. The van der Waals surface area contributed by atoms with Gasteiger partial charge in [0.15, 0.2) is 56.0 Å². The third-order valence-corrected chi connectivity index (χ3v) is 32.3. The van der Waals surface area contributed by atoms with Crippen LogP contribution in [0.15, 0.2) is 204 Å². The molecule has 6 fully saturated rings. The van der Waals surface area contributed by atoms with E-state index < -0.39 is 97.3 Å². The summed E-state index contributed by atoms with van der Waals surface area (Å²) in [5.74, 6) is -15.5. The first-order valence-corrected chi connectivity index (χ1v) is 49.8. The number of ether oxygens (including phenoxy) is 4. The molecule has 9 aromatic rings. The van der Waals surface area contributed by atoms with E-state index in [1.165, 1.54) is 63.1 Å². The highest BCUT2D eigenvalue weighted by Crippen LogP contribution is 2.56. The first-order valence-electron chi connectivity index (χ1n) is 43.1. The summed E-state index contributed by atoms with van der Waals surface area (Å²) in [4.78, 5) is 4.15. The molecule has 31 heteroatoms. The van der Waals surface area contributed by atoms with E-state index in [2.05, 4.69) is 48.5 Å². The van der Waals surface area contributed by atoms with E-state index in [1.807, 2.05) is 36.4 Å². The lowest BCUT2D eigenvalue weighted by Gasteiger charge is -2.34. The zero-order chi connectivity index (χ0) is 91.2. The summed E-state index contributed by atoms with van der Waals surface area (Å²) in [6.45, 7) is 0. The minimum Gasteiger partial charge on any atom is -0.743 e. The Balaban J connectivity index is 0.000000159. The molecule has 0 aliphatic heterocycles. The van der Waals surface area contributed by atoms with Gasteiger partial charge in [-0.1, -0.05) is 158 Å². The van der Waals surface area contributed by atoms with Crippen LogP contribution < -0.4 is 23.1 Å². The molecule has 0 saturated heterocycles. The highest BCUT2D eigenvalue weighted by atomic mass is 32.2.